The molecule has 0 unspecified atom stereocenters. The summed E-state index contributed by atoms with van der Waals surface area (Å²) in [5, 5.41) is 2.86. The van der Waals surface area contributed by atoms with Gasteiger partial charge < -0.3 is 29.2 Å². The van der Waals surface area contributed by atoms with Crippen LogP contribution in [0.5, 0.6) is 23.0 Å². The first kappa shape index (κ1) is 23.9. The zero-order valence-electron chi connectivity index (χ0n) is 20.0. The first-order chi connectivity index (χ1) is 17.0. The molecule has 8 heteroatoms. The standard InChI is InChI=1S/C27H28N2O6/c1-18-5-9-21(10-6-18)34-14-4-13-29-22-11-8-20(16-24(22)35-17-26(29)30)28-27(31)19-7-12-23(32-2)25(15-19)33-3/h5-12,15-16H,4,13-14,17H2,1-3H3,(H,28,31). The Balaban J connectivity index is 1.39. The molecular weight excluding hydrogens is 448 g/mol. The second kappa shape index (κ2) is 10.8. The van der Waals surface area contributed by atoms with E-state index in [4.69, 9.17) is 18.9 Å². The van der Waals surface area contributed by atoms with Crippen LogP contribution in [0.2, 0.25) is 0 Å². The van der Waals surface area contributed by atoms with E-state index in [0.717, 1.165) is 5.75 Å². The van der Waals surface area contributed by atoms with Crippen LogP contribution in [-0.2, 0) is 4.79 Å². The normalized spacial score (nSPS) is 12.4. The van der Waals surface area contributed by atoms with E-state index in [0.29, 0.717) is 53.8 Å². The highest BCUT2D eigenvalue weighted by Crippen LogP contribution is 2.35. The Hall–Kier alpha value is -4.20. The van der Waals surface area contributed by atoms with Crippen molar-refractivity contribution in [2.75, 3.05) is 44.2 Å². The lowest BCUT2D eigenvalue weighted by atomic mass is 10.1. The van der Waals surface area contributed by atoms with Gasteiger partial charge in [-0.15, -0.1) is 0 Å². The fourth-order valence-electron chi connectivity index (χ4n) is 3.76. The molecule has 2 amide bonds. The molecule has 0 saturated carbocycles. The number of carbonyl (C=O) groups excluding carboxylic acids is 2. The molecule has 182 valence electrons. The van der Waals surface area contributed by atoms with E-state index in [2.05, 4.69) is 5.32 Å². The van der Waals surface area contributed by atoms with Crippen molar-refractivity contribution in [2.24, 2.45) is 0 Å². The number of rotatable bonds is 9. The summed E-state index contributed by atoms with van der Waals surface area (Å²) in [7, 11) is 3.05. The number of ether oxygens (including phenoxy) is 4. The van der Waals surface area contributed by atoms with E-state index in [9.17, 15) is 9.59 Å². The molecule has 4 rings (SSSR count). The quantitative estimate of drug-likeness (QED) is 0.459. The Morgan fingerprint density at radius 2 is 1.77 bits per heavy atom. The van der Waals surface area contributed by atoms with Gasteiger partial charge in [-0.05, 0) is 55.8 Å². The van der Waals surface area contributed by atoms with Crippen LogP contribution in [-0.4, -0.2) is 45.8 Å². The summed E-state index contributed by atoms with van der Waals surface area (Å²) in [5.41, 5.74) is 2.82. The molecule has 0 bridgehead atoms. The van der Waals surface area contributed by atoms with E-state index >= 15 is 0 Å². The Bertz CT molecular complexity index is 1210. The molecular formula is C27H28N2O6. The van der Waals surface area contributed by atoms with Crippen molar-refractivity contribution in [3.05, 3.63) is 71.8 Å². The van der Waals surface area contributed by atoms with Gasteiger partial charge in [0, 0.05) is 23.9 Å². The van der Waals surface area contributed by atoms with Crippen LogP contribution in [0.4, 0.5) is 11.4 Å². The van der Waals surface area contributed by atoms with Crippen molar-refractivity contribution < 1.29 is 28.5 Å². The zero-order chi connectivity index (χ0) is 24.8. The number of hydrogen-bond acceptors (Lipinski definition) is 6. The molecule has 0 atom stereocenters. The third-order valence-corrected chi connectivity index (χ3v) is 5.62. The average molecular weight is 477 g/mol. The van der Waals surface area contributed by atoms with Crippen LogP contribution in [0.15, 0.2) is 60.7 Å². The number of nitrogens with one attached hydrogen (secondary N) is 1. The Morgan fingerprint density at radius 1 is 1.00 bits per heavy atom. The highest BCUT2D eigenvalue weighted by molar-refractivity contribution is 6.05. The highest BCUT2D eigenvalue weighted by Gasteiger charge is 2.25. The predicted molar refractivity (Wildman–Crippen MR) is 133 cm³/mol. The van der Waals surface area contributed by atoms with Gasteiger partial charge in [0.05, 0.1) is 26.5 Å². The number of carbonyl (C=O) groups is 2. The van der Waals surface area contributed by atoms with Crippen LogP contribution in [0.3, 0.4) is 0 Å². The molecule has 8 nitrogen and oxygen atoms in total. The van der Waals surface area contributed by atoms with Crippen LogP contribution in [0.25, 0.3) is 0 Å². The monoisotopic (exact) mass is 476 g/mol. The predicted octanol–water partition coefficient (Wildman–Crippen LogP) is 4.46. The number of anilines is 2. The van der Waals surface area contributed by atoms with Gasteiger partial charge in [-0.25, -0.2) is 0 Å². The molecule has 0 spiro atoms. The molecule has 1 N–H and O–H groups in total. The van der Waals surface area contributed by atoms with Gasteiger partial charge in [0.2, 0.25) is 0 Å². The fraction of sp³-hybridized carbons (Fsp3) is 0.259. The van der Waals surface area contributed by atoms with Gasteiger partial charge in [-0.1, -0.05) is 17.7 Å². The topological polar surface area (TPSA) is 86.3 Å². The Labute approximate surface area is 204 Å². The Morgan fingerprint density at radius 3 is 2.51 bits per heavy atom. The van der Waals surface area contributed by atoms with Crippen molar-refractivity contribution >= 4 is 23.2 Å². The summed E-state index contributed by atoms with van der Waals surface area (Å²) in [6.07, 6.45) is 0.664. The number of nitrogens with zero attached hydrogens (tertiary/aromatic N) is 1. The van der Waals surface area contributed by atoms with Gasteiger partial charge in [0.1, 0.15) is 11.5 Å². The van der Waals surface area contributed by atoms with Gasteiger partial charge in [-0.3, -0.25) is 9.59 Å². The van der Waals surface area contributed by atoms with Crippen molar-refractivity contribution in [3.8, 4) is 23.0 Å². The van der Waals surface area contributed by atoms with E-state index < -0.39 is 0 Å². The number of fused-ring (bicyclic) bond motifs is 1. The largest absolute Gasteiger partial charge is 0.494 e. The minimum Gasteiger partial charge on any atom is -0.494 e. The minimum atomic E-state index is -0.303. The molecule has 1 aliphatic rings. The van der Waals surface area contributed by atoms with Gasteiger partial charge in [0.15, 0.2) is 18.1 Å². The summed E-state index contributed by atoms with van der Waals surface area (Å²) in [5.74, 6) is 1.93. The van der Waals surface area contributed by atoms with E-state index in [1.165, 1.54) is 19.8 Å². The number of amides is 2. The minimum absolute atomic E-state index is 0.0566. The second-order valence-corrected chi connectivity index (χ2v) is 8.06. The lowest BCUT2D eigenvalue weighted by molar-refractivity contribution is -0.121. The molecule has 35 heavy (non-hydrogen) atoms. The van der Waals surface area contributed by atoms with Gasteiger partial charge in [-0.2, -0.15) is 0 Å². The van der Waals surface area contributed by atoms with E-state index in [1.807, 2.05) is 31.2 Å². The lowest BCUT2D eigenvalue weighted by Crippen LogP contribution is -2.39. The van der Waals surface area contributed by atoms with Crippen molar-refractivity contribution in [1.82, 2.24) is 0 Å². The van der Waals surface area contributed by atoms with Gasteiger partial charge >= 0.3 is 0 Å². The Kier molecular flexibility index (Phi) is 7.40. The van der Waals surface area contributed by atoms with Crippen LogP contribution in [0.1, 0.15) is 22.3 Å². The molecule has 0 aromatic heterocycles. The smallest absolute Gasteiger partial charge is 0.265 e. The summed E-state index contributed by atoms with van der Waals surface area (Å²) in [4.78, 5) is 26.9. The second-order valence-electron chi connectivity index (χ2n) is 8.06. The van der Waals surface area contributed by atoms with E-state index in [-0.39, 0.29) is 18.4 Å². The van der Waals surface area contributed by atoms with Crippen LogP contribution >= 0.6 is 0 Å². The maximum absolute atomic E-state index is 12.7. The first-order valence-corrected chi connectivity index (χ1v) is 11.3. The average Bonchev–Trinajstić information content (AvgIpc) is 2.88. The summed E-state index contributed by atoms with van der Waals surface area (Å²) < 4.78 is 21.9. The third-order valence-electron chi connectivity index (χ3n) is 5.62. The molecule has 0 aliphatic carbocycles. The third kappa shape index (κ3) is 5.66. The SMILES string of the molecule is COc1ccc(C(=O)Nc2ccc3c(c2)OCC(=O)N3CCCOc2ccc(C)cc2)cc1OC. The first-order valence-electron chi connectivity index (χ1n) is 11.3. The fourth-order valence-corrected chi connectivity index (χ4v) is 3.76. The molecule has 0 saturated heterocycles. The number of methoxy groups -OCH3 is 2. The molecule has 3 aromatic rings. The number of aryl methyl sites for hydroxylation is 1. The van der Waals surface area contributed by atoms with E-state index in [1.54, 1.807) is 41.3 Å². The molecule has 0 radical (unpaired) electrons. The van der Waals surface area contributed by atoms with Crippen molar-refractivity contribution in [3.63, 3.8) is 0 Å². The molecule has 3 aromatic carbocycles. The number of benzene rings is 3. The molecule has 1 heterocycles. The molecule has 1 aliphatic heterocycles. The summed E-state index contributed by atoms with van der Waals surface area (Å²) in [6, 6.07) is 18.0. The zero-order valence-corrected chi connectivity index (χ0v) is 20.0. The highest BCUT2D eigenvalue weighted by atomic mass is 16.5. The maximum atomic E-state index is 12.7. The van der Waals surface area contributed by atoms with Gasteiger partial charge in [0.25, 0.3) is 11.8 Å². The van der Waals surface area contributed by atoms with Crippen molar-refractivity contribution in [2.45, 2.75) is 13.3 Å². The van der Waals surface area contributed by atoms with Crippen LogP contribution < -0.4 is 29.2 Å². The lowest BCUT2D eigenvalue weighted by Gasteiger charge is -2.29. The molecule has 0 fully saturated rings. The van der Waals surface area contributed by atoms with Crippen molar-refractivity contribution in [1.29, 1.82) is 0 Å². The summed E-state index contributed by atoms with van der Waals surface area (Å²) >= 11 is 0. The maximum Gasteiger partial charge on any atom is 0.265 e. The number of hydrogen-bond donors (Lipinski definition) is 1. The summed E-state index contributed by atoms with van der Waals surface area (Å²) in [6.45, 7) is 2.96. The van der Waals surface area contributed by atoms with Crippen LogP contribution in [0, 0.1) is 6.92 Å².